The summed E-state index contributed by atoms with van der Waals surface area (Å²) in [7, 11) is 0. The van der Waals surface area contributed by atoms with Gasteiger partial charge in [-0.15, -0.1) is 0 Å². The SMILES string of the molecule is C1CC(CNC2CCOC2C2CC2)OCO1. The zero-order valence-electron chi connectivity index (χ0n) is 9.69. The van der Waals surface area contributed by atoms with Crippen LogP contribution in [-0.2, 0) is 14.2 Å². The van der Waals surface area contributed by atoms with Crippen LogP contribution in [-0.4, -0.2) is 44.8 Å². The molecule has 1 aliphatic carbocycles. The maximum Gasteiger partial charge on any atom is 0.147 e. The highest BCUT2D eigenvalue weighted by molar-refractivity contribution is 4.93. The summed E-state index contributed by atoms with van der Waals surface area (Å²) in [5.41, 5.74) is 0. The molecule has 2 aliphatic heterocycles. The Morgan fingerprint density at radius 2 is 1.94 bits per heavy atom. The van der Waals surface area contributed by atoms with Gasteiger partial charge in [0, 0.05) is 19.2 Å². The van der Waals surface area contributed by atoms with Gasteiger partial charge in [0.2, 0.25) is 0 Å². The van der Waals surface area contributed by atoms with Gasteiger partial charge in [-0.3, -0.25) is 0 Å². The molecular weight excluding hydrogens is 206 g/mol. The molecule has 0 bridgehead atoms. The van der Waals surface area contributed by atoms with Crippen molar-refractivity contribution in [2.24, 2.45) is 5.92 Å². The van der Waals surface area contributed by atoms with Crippen LogP contribution in [0.2, 0.25) is 0 Å². The lowest BCUT2D eigenvalue weighted by molar-refractivity contribution is -0.137. The van der Waals surface area contributed by atoms with E-state index in [1.54, 1.807) is 0 Å². The van der Waals surface area contributed by atoms with Crippen LogP contribution in [0.4, 0.5) is 0 Å². The molecule has 3 atom stereocenters. The Labute approximate surface area is 96.6 Å². The van der Waals surface area contributed by atoms with Gasteiger partial charge in [0.15, 0.2) is 0 Å². The van der Waals surface area contributed by atoms with E-state index >= 15 is 0 Å². The molecule has 0 aromatic heterocycles. The van der Waals surface area contributed by atoms with Crippen molar-refractivity contribution in [3.05, 3.63) is 0 Å². The van der Waals surface area contributed by atoms with Gasteiger partial charge >= 0.3 is 0 Å². The molecule has 3 aliphatic rings. The van der Waals surface area contributed by atoms with Gasteiger partial charge in [-0.05, 0) is 31.6 Å². The molecule has 92 valence electrons. The quantitative estimate of drug-likeness (QED) is 0.775. The first-order chi connectivity index (χ1) is 7.93. The lowest BCUT2D eigenvalue weighted by atomic mass is 10.1. The predicted molar refractivity (Wildman–Crippen MR) is 59.2 cm³/mol. The smallest absolute Gasteiger partial charge is 0.147 e. The topological polar surface area (TPSA) is 39.7 Å². The molecule has 3 rings (SSSR count). The fourth-order valence-electron chi connectivity index (χ4n) is 2.66. The first kappa shape index (κ1) is 11.0. The second-order valence-corrected chi connectivity index (χ2v) is 5.08. The van der Waals surface area contributed by atoms with Crippen molar-refractivity contribution in [3.63, 3.8) is 0 Å². The van der Waals surface area contributed by atoms with Crippen LogP contribution < -0.4 is 5.32 Å². The van der Waals surface area contributed by atoms with E-state index < -0.39 is 0 Å². The molecule has 0 spiro atoms. The molecule has 3 unspecified atom stereocenters. The second-order valence-electron chi connectivity index (χ2n) is 5.08. The van der Waals surface area contributed by atoms with Gasteiger partial charge in [-0.1, -0.05) is 0 Å². The zero-order chi connectivity index (χ0) is 10.8. The van der Waals surface area contributed by atoms with E-state index in [2.05, 4.69) is 5.32 Å². The normalized spacial score (nSPS) is 40.1. The van der Waals surface area contributed by atoms with E-state index in [4.69, 9.17) is 14.2 Å². The highest BCUT2D eigenvalue weighted by Gasteiger charge is 2.40. The molecular formula is C12H21NO3. The Morgan fingerprint density at radius 3 is 2.69 bits per heavy atom. The van der Waals surface area contributed by atoms with Crippen molar-refractivity contribution in [1.29, 1.82) is 0 Å². The number of ether oxygens (including phenoxy) is 3. The number of hydrogen-bond acceptors (Lipinski definition) is 4. The fraction of sp³-hybridized carbons (Fsp3) is 1.00. The maximum absolute atomic E-state index is 5.80. The second kappa shape index (κ2) is 5.00. The summed E-state index contributed by atoms with van der Waals surface area (Å²) in [6.45, 7) is 3.16. The van der Waals surface area contributed by atoms with Gasteiger partial charge in [0.1, 0.15) is 6.79 Å². The molecule has 2 heterocycles. The molecule has 1 N–H and O–H groups in total. The third kappa shape index (κ3) is 2.56. The Morgan fingerprint density at radius 1 is 1.00 bits per heavy atom. The minimum atomic E-state index is 0.328. The first-order valence-corrected chi connectivity index (χ1v) is 6.48. The highest BCUT2D eigenvalue weighted by atomic mass is 16.7. The summed E-state index contributed by atoms with van der Waals surface area (Å²) < 4.78 is 16.5. The summed E-state index contributed by atoms with van der Waals surface area (Å²) in [6.07, 6.45) is 5.68. The summed E-state index contributed by atoms with van der Waals surface area (Å²) in [5.74, 6) is 0.829. The van der Waals surface area contributed by atoms with Crippen molar-refractivity contribution >= 4 is 0 Å². The Kier molecular flexibility index (Phi) is 3.43. The average Bonchev–Trinajstić information content (AvgIpc) is 3.07. The maximum atomic E-state index is 5.80. The third-order valence-electron chi connectivity index (χ3n) is 3.80. The van der Waals surface area contributed by atoms with Crippen LogP contribution in [0.3, 0.4) is 0 Å². The van der Waals surface area contributed by atoms with Crippen molar-refractivity contribution in [1.82, 2.24) is 5.32 Å². The van der Waals surface area contributed by atoms with Crippen LogP contribution in [0.25, 0.3) is 0 Å². The number of rotatable bonds is 4. The van der Waals surface area contributed by atoms with Gasteiger partial charge in [-0.2, -0.15) is 0 Å². The molecule has 0 radical (unpaired) electrons. The summed E-state index contributed by atoms with van der Waals surface area (Å²) in [5, 5.41) is 3.62. The molecule has 4 nitrogen and oxygen atoms in total. The molecule has 0 aromatic rings. The molecule has 2 saturated heterocycles. The summed E-state index contributed by atoms with van der Waals surface area (Å²) in [4.78, 5) is 0. The molecule has 1 saturated carbocycles. The monoisotopic (exact) mass is 227 g/mol. The van der Waals surface area contributed by atoms with Crippen LogP contribution >= 0.6 is 0 Å². The molecule has 16 heavy (non-hydrogen) atoms. The minimum Gasteiger partial charge on any atom is -0.376 e. The Bertz CT molecular complexity index is 226. The van der Waals surface area contributed by atoms with Gasteiger partial charge < -0.3 is 19.5 Å². The first-order valence-electron chi connectivity index (χ1n) is 6.48. The number of nitrogens with one attached hydrogen (secondary N) is 1. The zero-order valence-corrected chi connectivity index (χ0v) is 9.69. The van der Waals surface area contributed by atoms with Crippen LogP contribution in [0.5, 0.6) is 0 Å². The summed E-state index contributed by atoms with van der Waals surface area (Å²) in [6, 6.07) is 0.555. The predicted octanol–water partition coefficient (Wildman–Crippen LogP) is 0.906. The van der Waals surface area contributed by atoms with Crippen LogP contribution in [0.15, 0.2) is 0 Å². The molecule has 0 aromatic carbocycles. The van der Waals surface area contributed by atoms with Crippen molar-refractivity contribution in [2.45, 2.75) is 43.9 Å². The average molecular weight is 227 g/mol. The fourth-order valence-corrected chi connectivity index (χ4v) is 2.66. The molecule has 4 heteroatoms. The lowest BCUT2D eigenvalue weighted by Gasteiger charge is -2.26. The van der Waals surface area contributed by atoms with E-state index in [0.717, 1.165) is 38.5 Å². The van der Waals surface area contributed by atoms with Crippen molar-refractivity contribution in [3.8, 4) is 0 Å². The van der Waals surface area contributed by atoms with Crippen LogP contribution in [0.1, 0.15) is 25.7 Å². The van der Waals surface area contributed by atoms with E-state index in [1.165, 1.54) is 12.8 Å². The standard InChI is InChI=1S/C12H21NO3/c1-2-9(1)12-11(4-6-15-12)13-7-10-3-5-14-8-16-10/h9-13H,1-8H2. The third-order valence-corrected chi connectivity index (χ3v) is 3.80. The molecule has 3 fully saturated rings. The minimum absolute atomic E-state index is 0.328. The van der Waals surface area contributed by atoms with Crippen LogP contribution in [0, 0.1) is 5.92 Å². The Balaban J connectivity index is 1.42. The van der Waals surface area contributed by atoms with Crippen molar-refractivity contribution < 1.29 is 14.2 Å². The largest absolute Gasteiger partial charge is 0.376 e. The molecule has 0 amide bonds. The van der Waals surface area contributed by atoms with E-state index in [-0.39, 0.29) is 0 Å². The van der Waals surface area contributed by atoms with E-state index in [1.807, 2.05) is 0 Å². The van der Waals surface area contributed by atoms with Gasteiger partial charge in [-0.25, -0.2) is 0 Å². The lowest BCUT2D eigenvalue weighted by Crippen LogP contribution is -2.43. The van der Waals surface area contributed by atoms with Crippen molar-refractivity contribution in [2.75, 3.05) is 26.6 Å². The van der Waals surface area contributed by atoms with E-state index in [9.17, 15) is 0 Å². The van der Waals surface area contributed by atoms with Gasteiger partial charge in [0.05, 0.1) is 18.8 Å². The summed E-state index contributed by atoms with van der Waals surface area (Å²) >= 11 is 0. The number of hydrogen-bond donors (Lipinski definition) is 1. The highest BCUT2D eigenvalue weighted by Crippen LogP contribution is 2.38. The van der Waals surface area contributed by atoms with E-state index in [0.29, 0.717) is 25.0 Å². The van der Waals surface area contributed by atoms with Gasteiger partial charge in [0.25, 0.3) is 0 Å². The Hall–Kier alpha value is -0.160.